The topological polar surface area (TPSA) is 49.3 Å². The summed E-state index contributed by atoms with van der Waals surface area (Å²) in [6.07, 6.45) is 6.57. The molecule has 0 aromatic heterocycles. The Morgan fingerprint density at radius 3 is 3.08 bits per heavy atom. The number of dihydropyridines is 1. The van der Waals surface area contributed by atoms with Crippen molar-refractivity contribution in [3.05, 3.63) is 35.6 Å². The first-order valence-corrected chi connectivity index (χ1v) is 3.72. The summed E-state index contributed by atoms with van der Waals surface area (Å²) < 4.78 is 0. The minimum absolute atomic E-state index is 0.766. The lowest BCUT2D eigenvalue weighted by atomic mass is 10.1. The molecule has 1 aliphatic heterocycles. The largest absolute Gasteiger partial charge is 0.478 e. The van der Waals surface area contributed by atoms with Crippen molar-refractivity contribution in [2.45, 2.75) is 6.92 Å². The second kappa shape index (κ2) is 3.76. The Balaban J connectivity index is 2.65. The fourth-order valence-electron chi connectivity index (χ4n) is 0.973. The minimum atomic E-state index is -0.916. The Morgan fingerprint density at radius 2 is 2.50 bits per heavy atom. The van der Waals surface area contributed by atoms with Crippen LogP contribution in [0.4, 0.5) is 0 Å². The molecule has 3 nitrogen and oxygen atoms in total. The van der Waals surface area contributed by atoms with E-state index in [0.717, 1.165) is 23.9 Å². The van der Waals surface area contributed by atoms with Gasteiger partial charge in [-0.25, -0.2) is 4.79 Å². The van der Waals surface area contributed by atoms with Gasteiger partial charge in [0, 0.05) is 18.3 Å². The number of hydrogen-bond acceptors (Lipinski definition) is 2. The second-order valence-corrected chi connectivity index (χ2v) is 2.58. The van der Waals surface area contributed by atoms with Crippen molar-refractivity contribution in [1.82, 2.24) is 5.32 Å². The first-order valence-electron chi connectivity index (χ1n) is 3.72. The van der Waals surface area contributed by atoms with Crippen molar-refractivity contribution < 1.29 is 9.90 Å². The van der Waals surface area contributed by atoms with E-state index in [4.69, 9.17) is 5.11 Å². The standard InChI is InChI=1S/C9H11NO2/c1-7-6-8(4-5-10-7)2-3-9(11)12/h2-4,6,10H,5H2,1H3,(H,11,12)/b3-2+. The molecular weight excluding hydrogens is 154 g/mol. The van der Waals surface area contributed by atoms with E-state index in [0.29, 0.717) is 0 Å². The van der Waals surface area contributed by atoms with E-state index in [9.17, 15) is 4.79 Å². The molecule has 0 aromatic carbocycles. The number of aliphatic carboxylic acids is 1. The van der Waals surface area contributed by atoms with E-state index < -0.39 is 5.97 Å². The summed E-state index contributed by atoms with van der Waals surface area (Å²) in [5.74, 6) is -0.916. The highest BCUT2D eigenvalue weighted by atomic mass is 16.4. The van der Waals surface area contributed by atoms with Crippen LogP contribution in [0.25, 0.3) is 0 Å². The van der Waals surface area contributed by atoms with Crippen LogP contribution in [-0.4, -0.2) is 17.6 Å². The average Bonchev–Trinajstić information content (AvgIpc) is 2.01. The third-order valence-electron chi connectivity index (χ3n) is 1.52. The fourth-order valence-corrected chi connectivity index (χ4v) is 0.973. The highest BCUT2D eigenvalue weighted by molar-refractivity contribution is 5.80. The Bertz CT molecular complexity index is 274. The van der Waals surface area contributed by atoms with Crippen LogP contribution in [0.1, 0.15) is 6.92 Å². The van der Waals surface area contributed by atoms with E-state index in [1.54, 1.807) is 6.08 Å². The summed E-state index contributed by atoms with van der Waals surface area (Å²) in [5.41, 5.74) is 2.00. The number of allylic oxidation sites excluding steroid dienone is 4. The number of nitrogens with one attached hydrogen (secondary N) is 1. The van der Waals surface area contributed by atoms with Crippen molar-refractivity contribution in [3.63, 3.8) is 0 Å². The molecule has 0 unspecified atom stereocenters. The van der Waals surface area contributed by atoms with Gasteiger partial charge in [-0.05, 0) is 24.6 Å². The van der Waals surface area contributed by atoms with Crippen LogP contribution < -0.4 is 5.32 Å². The van der Waals surface area contributed by atoms with Crippen LogP contribution >= 0.6 is 0 Å². The maximum absolute atomic E-state index is 10.2. The van der Waals surface area contributed by atoms with Crippen LogP contribution in [0.2, 0.25) is 0 Å². The van der Waals surface area contributed by atoms with E-state index in [2.05, 4.69) is 5.32 Å². The van der Waals surface area contributed by atoms with Gasteiger partial charge in [-0.15, -0.1) is 0 Å². The number of rotatable bonds is 2. The molecule has 1 heterocycles. The maximum atomic E-state index is 10.2. The molecule has 0 aromatic rings. The van der Waals surface area contributed by atoms with Crippen LogP contribution in [-0.2, 0) is 4.79 Å². The zero-order valence-electron chi connectivity index (χ0n) is 6.87. The Hall–Kier alpha value is -1.51. The van der Waals surface area contributed by atoms with Gasteiger partial charge >= 0.3 is 5.97 Å². The Labute approximate surface area is 71.1 Å². The molecule has 0 spiro atoms. The molecule has 0 fully saturated rings. The second-order valence-electron chi connectivity index (χ2n) is 2.58. The number of carbonyl (C=O) groups is 1. The molecule has 0 bridgehead atoms. The molecule has 0 saturated heterocycles. The molecule has 3 heteroatoms. The van der Waals surface area contributed by atoms with E-state index in [1.807, 2.05) is 19.1 Å². The van der Waals surface area contributed by atoms with E-state index in [-0.39, 0.29) is 0 Å². The van der Waals surface area contributed by atoms with Crippen LogP contribution in [0.15, 0.2) is 35.6 Å². The molecule has 64 valence electrons. The van der Waals surface area contributed by atoms with Gasteiger partial charge in [-0.1, -0.05) is 6.08 Å². The lowest BCUT2D eigenvalue weighted by Crippen LogP contribution is -2.14. The molecule has 1 rings (SSSR count). The number of hydrogen-bond donors (Lipinski definition) is 2. The molecular formula is C9H11NO2. The van der Waals surface area contributed by atoms with Gasteiger partial charge in [0.15, 0.2) is 0 Å². The first-order chi connectivity index (χ1) is 5.68. The third-order valence-corrected chi connectivity index (χ3v) is 1.52. The lowest BCUT2D eigenvalue weighted by Gasteiger charge is -2.09. The lowest BCUT2D eigenvalue weighted by molar-refractivity contribution is -0.131. The van der Waals surface area contributed by atoms with Gasteiger partial charge < -0.3 is 10.4 Å². The summed E-state index contributed by atoms with van der Waals surface area (Å²) in [6, 6.07) is 0. The summed E-state index contributed by atoms with van der Waals surface area (Å²) in [6.45, 7) is 2.71. The zero-order valence-corrected chi connectivity index (χ0v) is 6.87. The Kier molecular flexibility index (Phi) is 2.69. The molecule has 0 amide bonds. The highest BCUT2D eigenvalue weighted by Crippen LogP contribution is 2.06. The summed E-state index contributed by atoms with van der Waals surface area (Å²) in [5, 5.41) is 11.5. The zero-order chi connectivity index (χ0) is 8.97. The molecule has 0 saturated carbocycles. The van der Waals surface area contributed by atoms with E-state index >= 15 is 0 Å². The van der Waals surface area contributed by atoms with Crippen molar-refractivity contribution in [2.24, 2.45) is 0 Å². The normalized spacial score (nSPS) is 16.8. The smallest absolute Gasteiger partial charge is 0.328 e. The van der Waals surface area contributed by atoms with Crippen molar-refractivity contribution >= 4 is 5.97 Å². The molecule has 2 N–H and O–H groups in total. The van der Waals surface area contributed by atoms with Gasteiger partial charge in [0.05, 0.1) is 0 Å². The van der Waals surface area contributed by atoms with Gasteiger partial charge in [-0.2, -0.15) is 0 Å². The SMILES string of the molecule is CC1=CC(/C=C/C(=O)O)=CCN1. The van der Waals surface area contributed by atoms with Gasteiger partial charge in [0.1, 0.15) is 0 Å². The average molecular weight is 165 g/mol. The first kappa shape index (κ1) is 8.59. The maximum Gasteiger partial charge on any atom is 0.328 e. The number of carboxylic acids is 1. The quantitative estimate of drug-likeness (QED) is 0.601. The van der Waals surface area contributed by atoms with Gasteiger partial charge in [-0.3, -0.25) is 0 Å². The van der Waals surface area contributed by atoms with Gasteiger partial charge in [0.25, 0.3) is 0 Å². The summed E-state index contributed by atoms with van der Waals surface area (Å²) >= 11 is 0. The Morgan fingerprint density at radius 1 is 1.75 bits per heavy atom. The van der Waals surface area contributed by atoms with Crippen LogP contribution in [0.5, 0.6) is 0 Å². The van der Waals surface area contributed by atoms with Crippen molar-refractivity contribution in [3.8, 4) is 0 Å². The van der Waals surface area contributed by atoms with Gasteiger partial charge in [0.2, 0.25) is 0 Å². The predicted molar refractivity (Wildman–Crippen MR) is 46.6 cm³/mol. The monoisotopic (exact) mass is 165 g/mol. The fraction of sp³-hybridized carbons (Fsp3) is 0.222. The summed E-state index contributed by atoms with van der Waals surface area (Å²) in [4.78, 5) is 10.2. The molecule has 0 radical (unpaired) electrons. The molecule has 1 aliphatic rings. The highest BCUT2D eigenvalue weighted by Gasteiger charge is 1.97. The van der Waals surface area contributed by atoms with Crippen molar-refractivity contribution in [1.29, 1.82) is 0 Å². The molecule has 0 aliphatic carbocycles. The minimum Gasteiger partial charge on any atom is -0.478 e. The molecule has 0 atom stereocenters. The molecule has 12 heavy (non-hydrogen) atoms. The van der Waals surface area contributed by atoms with Crippen LogP contribution in [0.3, 0.4) is 0 Å². The number of carboxylic acid groups (broad SMARTS) is 1. The third kappa shape index (κ3) is 2.62. The summed E-state index contributed by atoms with van der Waals surface area (Å²) in [7, 11) is 0. The van der Waals surface area contributed by atoms with Crippen LogP contribution in [0, 0.1) is 0 Å². The predicted octanol–water partition coefficient (Wildman–Crippen LogP) is 1.06. The van der Waals surface area contributed by atoms with Crippen molar-refractivity contribution in [2.75, 3.05) is 6.54 Å². The van der Waals surface area contributed by atoms with E-state index in [1.165, 1.54) is 0 Å².